The Morgan fingerprint density at radius 2 is 2.00 bits per heavy atom. The number of carbonyl (C=O) groups is 1. The smallest absolute Gasteiger partial charge is 0.261 e. The van der Waals surface area contributed by atoms with E-state index in [1.165, 1.54) is 0 Å². The molecule has 1 aliphatic heterocycles. The van der Waals surface area contributed by atoms with Gasteiger partial charge in [0.05, 0.1) is 11.4 Å². The number of rotatable bonds is 4. The average molecular weight is 328 g/mol. The standard InChI is InChI=1S/C17H20N4O3/c1-11-8-12(2)21(20-11)10-17(22)19-18-13(3)14-4-5-15-16(9-14)24-7-6-23-15/h4-5,8-9H,6-7,10H2,1-3H3,(H,19,22)/b18-13+. The number of hydrogen-bond acceptors (Lipinski definition) is 5. The minimum absolute atomic E-state index is 0.137. The molecule has 7 heteroatoms. The minimum atomic E-state index is -0.224. The zero-order valence-electron chi connectivity index (χ0n) is 14.0. The first-order chi connectivity index (χ1) is 11.5. The number of hydrogen-bond donors (Lipinski definition) is 1. The average Bonchev–Trinajstić information content (AvgIpc) is 2.89. The van der Waals surface area contributed by atoms with Crippen LogP contribution in [0.15, 0.2) is 29.4 Å². The number of carbonyl (C=O) groups excluding carboxylic acids is 1. The molecule has 2 heterocycles. The van der Waals surface area contributed by atoms with E-state index in [-0.39, 0.29) is 12.5 Å². The van der Waals surface area contributed by atoms with Crippen LogP contribution in [0.4, 0.5) is 0 Å². The summed E-state index contributed by atoms with van der Waals surface area (Å²) in [5.41, 5.74) is 5.94. The second-order valence-electron chi connectivity index (χ2n) is 5.68. The number of fused-ring (bicyclic) bond motifs is 1. The zero-order chi connectivity index (χ0) is 17.1. The van der Waals surface area contributed by atoms with Gasteiger partial charge in [0.1, 0.15) is 19.8 Å². The van der Waals surface area contributed by atoms with E-state index in [1.54, 1.807) is 4.68 Å². The fourth-order valence-electron chi connectivity index (χ4n) is 2.49. The van der Waals surface area contributed by atoms with Gasteiger partial charge >= 0.3 is 0 Å². The van der Waals surface area contributed by atoms with Crippen molar-refractivity contribution in [1.82, 2.24) is 15.2 Å². The van der Waals surface area contributed by atoms with Crippen molar-refractivity contribution in [2.24, 2.45) is 5.10 Å². The van der Waals surface area contributed by atoms with E-state index >= 15 is 0 Å². The van der Waals surface area contributed by atoms with Crippen molar-refractivity contribution in [1.29, 1.82) is 0 Å². The van der Waals surface area contributed by atoms with Gasteiger partial charge in [0.25, 0.3) is 5.91 Å². The lowest BCUT2D eigenvalue weighted by Gasteiger charge is -2.18. The fraction of sp³-hybridized carbons (Fsp3) is 0.353. The molecule has 24 heavy (non-hydrogen) atoms. The monoisotopic (exact) mass is 328 g/mol. The van der Waals surface area contributed by atoms with E-state index in [0.717, 1.165) is 22.7 Å². The quantitative estimate of drug-likeness (QED) is 0.686. The van der Waals surface area contributed by atoms with Crippen molar-refractivity contribution >= 4 is 11.6 Å². The van der Waals surface area contributed by atoms with Crippen LogP contribution >= 0.6 is 0 Å². The number of aryl methyl sites for hydroxylation is 2. The van der Waals surface area contributed by atoms with E-state index in [2.05, 4.69) is 15.6 Å². The normalized spacial score (nSPS) is 13.7. The SMILES string of the molecule is C/C(=N\NC(=O)Cn1nc(C)cc1C)c1ccc2c(c1)OCCO2. The summed E-state index contributed by atoms with van der Waals surface area (Å²) in [6.07, 6.45) is 0. The van der Waals surface area contributed by atoms with Gasteiger partial charge in [0, 0.05) is 11.3 Å². The van der Waals surface area contributed by atoms with Crippen LogP contribution in [0.3, 0.4) is 0 Å². The number of benzene rings is 1. The molecular weight excluding hydrogens is 308 g/mol. The lowest BCUT2D eigenvalue weighted by Crippen LogP contribution is -2.25. The summed E-state index contributed by atoms with van der Waals surface area (Å²) in [5.74, 6) is 1.20. The number of aromatic nitrogens is 2. The summed E-state index contributed by atoms with van der Waals surface area (Å²) in [6, 6.07) is 7.53. The summed E-state index contributed by atoms with van der Waals surface area (Å²) in [5, 5.41) is 8.42. The van der Waals surface area contributed by atoms with E-state index in [0.29, 0.717) is 24.7 Å². The first kappa shape index (κ1) is 16.0. The maximum atomic E-state index is 12.0. The Morgan fingerprint density at radius 3 is 2.71 bits per heavy atom. The molecule has 0 atom stereocenters. The molecule has 0 saturated carbocycles. The summed E-state index contributed by atoms with van der Waals surface area (Å²) in [6.45, 7) is 6.86. The van der Waals surface area contributed by atoms with Crippen LogP contribution in [0, 0.1) is 13.8 Å². The highest BCUT2D eigenvalue weighted by molar-refractivity contribution is 5.99. The minimum Gasteiger partial charge on any atom is -0.486 e. The molecule has 0 aliphatic carbocycles. The van der Waals surface area contributed by atoms with Crippen molar-refractivity contribution < 1.29 is 14.3 Å². The molecule has 0 spiro atoms. The van der Waals surface area contributed by atoms with Gasteiger partial charge in [0.2, 0.25) is 0 Å². The molecule has 0 radical (unpaired) electrons. The molecule has 0 unspecified atom stereocenters. The maximum absolute atomic E-state index is 12.0. The predicted molar refractivity (Wildman–Crippen MR) is 89.5 cm³/mol. The molecule has 1 N–H and O–H groups in total. The zero-order valence-corrected chi connectivity index (χ0v) is 14.0. The first-order valence-electron chi connectivity index (χ1n) is 7.77. The number of nitrogens with one attached hydrogen (secondary N) is 1. The molecule has 1 amide bonds. The lowest BCUT2D eigenvalue weighted by atomic mass is 10.1. The van der Waals surface area contributed by atoms with E-state index in [1.807, 2.05) is 45.0 Å². The van der Waals surface area contributed by atoms with Gasteiger partial charge in [0.15, 0.2) is 11.5 Å². The van der Waals surface area contributed by atoms with Gasteiger partial charge in [-0.25, -0.2) is 5.43 Å². The van der Waals surface area contributed by atoms with Gasteiger partial charge in [-0.05, 0) is 45.0 Å². The Kier molecular flexibility index (Phi) is 4.50. The molecule has 2 aromatic rings. The molecule has 0 fully saturated rings. The third kappa shape index (κ3) is 3.56. The van der Waals surface area contributed by atoms with Crippen molar-refractivity contribution in [3.63, 3.8) is 0 Å². The van der Waals surface area contributed by atoms with Gasteiger partial charge in [-0.2, -0.15) is 10.2 Å². The van der Waals surface area contributed by atoms with Gasteiger partial charge in [-0.15, -0.1) is 0 Å². The lowest BCUT2D eigenvalue weighted by molar-refractivity contribution is -0.121. The van der Waals surface area contributed by atoms with Gasteiger partial charge in [-0.3, -0.25) is 9.48 Å². The molecule has 3 rings (SSSR count). The third-order valence-corrected chi connectivity index (χ3v) is 3.70. The Bertz CT molecular complexity index is 795. The van der Waals surface area contributed by atoms with Crippen molar-refractivity contribution in [2.75, 3.05) is 13.2 Å². The molecule has 7 nitrogen and oxygen atoms in total. The summed E-state index contributed by atoms with van der Waals surface area (Å²) >= 11 is 0. The molecular formula is C17H20N4O3. The number of ether oxygens (including phenoxy) is 2. The number of nitrogens with zero attached hydrogens (tertiary/aromatic N) is 3. The highest BCUT2D eigenvalue weighted by atomic mass is 16.6. The van der Waals surface area contributed by atoms with Crippen LogP contribution in [0.2, 0.25) is 0 Å². The molecule has 1 aliphatic rings. The fourth-order valence-corrected chi connectivity index (χ4v) is 2.49. The van der Waals surface area contributed by atoms with Crippen molar-refractivity contribution in [2.45, 2.75) is 27.3 Å². The van der Waals surface area contributed by atoms with E-state index in [9.17, 15) is 4.79 Å². The summed E-state index contributed by atoms with van der Waals surface area (Å²) in [7, 11) is 0. The third-order valence-electron chi connectivity index (χ3n) is 3.70. The second-order valence-corrected chi connectivity index (χ2v) is 5.68. The van der Waals surface area contributed by atoms with Crippen LogP contribution in [-0.2, 0) is 11.3 Å². The molecule has 1 aromatic carbocycles. The predicted octanol–water partition coefficient (Wildman–Crippen LogP) is 1.81. The Morgan fingerprint density at radius 1 is 1.25 bits per heavy atom. The summed E-state index contributed by atoms with van der Waals surface area (Å²) < 4.78 is 12.7. The second kappa shape index (κ2) is 6.74. The van der Waals surface area contributed by atoms with Crippen molar-refractivity contribution in [3.8, 4) is 11.5 Å². The van der Waals surface area contributed by atoms with Crippen LogP contribution in [0.25, 0.3) is 0 Å². The highest BCUT2D eigenvalue weighted by Gasteiger charge is 2.13. The van der Waals surface area contributed by atoms with Gasteiger partial charge < -0.3 is 9.47 Å². The Labute approximate surface area is 140 Å². The molecule has 1 aromatic heterocycles. The largest absolute Gasteiger partial charge is 0.486 e. The summed E-state index contributed by atoms with van der Waals surface area (Å²) in [4.78, 5) is 12.0. The first-order valence-corrected chi connectivity index (χ1v) is 7.77. The van der Waals surface area contributed by atoms with Crippen LogP contribution in [0.5, 0.6) is 11.5 Å². The topological polar surface area (TPSA) is 77.7 Å². The van der Waals surface area contributed by atoms with Crippen molar-refractivity contribution in [3.05, 3.63) is 41.2 Å². The molecule has 0 bridgehead atoms. The number of hydrazone groups is 1. The number of amides is 1. The Balaban J connectivity index is 1.65. The highest BCUT2D eigenvalue weighted by Crippen LogP contribution is 2.30. The van der Waals surface area contributed by atoms with E-state index in [4.69, 9.17) is 9.47 Å². The Hall–Kier alpha value is -2.83. The van der Waals surface area contributed by atoms with E-state index < -0.39 is 0 Å². The molecule has 0 saturated heterocycles. The van der Waals surface area contributed by atoms with Crippen LogP contribution < -0.4 is 14.9 Å². The van der Waals surface area contributed by atoms with Gasteiger partial charge in [-0.1, -0.05) is 0 Å². The van der Waals surface area contributed by atoms with Crippen LogP contribution in [-0.4, -0.2) is 34.6 Å². The molecule has 126 valence electrons. The maximum Gasteiger partial charge on any atom is 0.261 e. The van der Waals surface area contributed by atoms with Crippen LogP contribution in [0.1, 0.15) is 23.9 Å².